The number of hydrazone groups is 1. The van der Waals surface area contributed by atoms with Gasteiger partial charge < -0.3 is 4.74 Å². The third-order valence-electron chi connectivity index (χ3n) is 4.05. The fraction of sp³-hybridized carbons (Fsp3) is 0.312. The topological polar surface area (TPSA) is 114 Å². The van der Waals surface area contributed by atoms with Crippen molar-refractivity contribution in [3.63, 3.8) is 0 Å². The van der Waals surface area contributed by atoms with Gasteiger partial charge in [0, 0.05) is 19.2 Å². The Morgan fingerprint density at radius 1 is 1.32 bits per heavy atom. The lowest BCUT2D eigenvalue weighted by Crippen LogP contribution is -2.40. The van der Waals surface area contributed by atoms with Crippen LogP contribution in [0.2, 0.25) is 4.34 Å². The molecule has 0 aliphatic carbocycles. The molecule has 3 rings (SSSR count). The summed E-state index contributed by atoms with van der Waals surface area (Å²) in [5.74, 6) is 0. The summed E-state index contributed by atoms with van der Waals surface area (Å²) in [6.07, 6.45) is 0. The molecule has 1 aromatic carbocycles. The zero-order chi connectivity index (χ0) is 20.3. The molecule has 1 aliphatic heterocycles. The van der Waals surface area contributed by atoms with Gasteiger partial charge in [0.15, 0.2) is 0 Å². The molecule has 9 nitrogen and oxygen atoms in total. The van der Waals surface area contributed by atoms with Gasteiger partial charge in [-0.3, -0.25) is 15.5 Å². The summed E-state index contributed by atoms with van der Waals surface area (Å²) in [5.41, 5.74) is 2.95. The van der Waals surface area contributed by atoms with E-state index in [0.717, 1.165) is 10.9 Å². The third-order valence-corrected chi connectivity index (χ3v) is 7.28. The number of hydrogen-bond donors (Lipinski definition) is 1. The van der Waals surface area contributed by atoms with Crippen molar-refractivity contribution in [3.05, 3.63) is 49.7 Å². The van der Waals surface area contributed by atoms with Crippen molar-refractivity contribution in [2.24, 2.45) is 5.10 Å². The molecule has 0 saturated carbocycles. The van der Waals surface area contributed by atoms with Crippen LogP contribution >= 0.6 is 22.9 Å². The molecule has 1 N–H and O–H groups in total. The Hall–Kier alpha value is -2.05. The van der Waals surface area contributed by atoms with Gasteiger partial charge in [-0.2, -0.15) is 9.41 Å². The van der Waals surface area contributed by atoms with Gasteiger partial charge in [0.2, 0.25) is 10.0 Å². The molecule has 0 radical (unpaired) electrons. The molecule has 28 heavy (non-hydrogen) atoms. The fourth-order valence-corrected chi connectivity index (χ4v) is 4.98. The Kier molecular flexibility index (Phi) is 6.30. The van der Waals surface area contributed by atoms with E-state index in [2.05, 4.69) is 10.5 Å². The van der Waals surface area contributed by atoms with Crippen molar-refractivity contribution in [3.8, 4) is 0 Å². The highest BCUT2D eigenvalue weighted by atomic mass is 35.5. The maximum atomic E-state index is 12.7. The summed E-state index contributed by atoms with van der Waals surface area (Å²) in [6, 6.07) is 7.23. The van der Waals surface area contributed by atoms with E-state index in [4.69, 9.17) is 16.3 Å². The number of hydrogen-bond acceptors (Lipinski definition) is 8. The van der Waals surface area contributed by atoms with Gasteiger partial charge in [-0.15, -0.1) is 11.3 Å². The molecule has 1 fully saturated rings. The van der Waals surface area contributed by atoms with Crippen LogP contribution in [0.3, 0.4) is 0 Å². The summed E-state index contributed by atoms with van der Waals surface area (Å²) in [5, 5.41) is 15.6. The minimum Gasteiger partial charge on any atom is -0.379 e. The van der Waals surface area contributed by atoms with E-state index in [1.54, 1.807) is 19.1 Å². The van der Waals surface area contributed by atoms with Crippen LogP contribution in [-0.4, -0.2) is 49.7 Å². The van der Waals surface area contributed by atoms with E-state index < -0.39 is 14.9 Å². The lowest BCUT2D eigenvalue weighted by molar-refractivity contribution is -0.384. The Bertz CT molecular complexity index is 1020. The van der Waals surface area contributed by atoms with E-state index in [1.165, 1.54) is 27.8 Å². The lowest BCUT2D eigenvalue weighted by atomic mass is 10.3. The number of benzene rings is 1. The molecule has 0 atom stereocenters. The highest BCUT2D eigenvalue weighted by molar-refractivity contribution is 7.89. The van der Waals surface area contributed by atoms with Crippen LogP contribution in [0.4, 0.5) is 11.4 Å². The zero-order valence-corrected chi connectivity index (χ0v) is 17.2. The van der Waals surface area contributed by atoms with Gasteiger partial charge in [-0.1, -0.05) is 11.6 Å². The predicted octanol–water partition coefficient (Wildman–Crippen LogP) is 3.17. The smallest absolute Gasteiger partial charge is 0.295 e. The van der Waals surface area contributed by atoms with Gasteiger partial charge in [0.1, 0.15) is 5.69 Å². The number of rotatable bonds is 6. The Morgan fingerprint density at radius 3 is 2.64 bits per heavy atom. The van der Waals surface area contributed by atoms with Crippen LogP contribution in [0.25, 0.3) is 0 Å². The number of anilines is 1. The monoisotopic (exact) mass is 444 g/mol. The standard InChI is InChI=1S/C16H17ClN4O5S2/c1-11(15-4-5-16(17)27-15)18-19-13-3-2-12(10-14(13)21(22)23)28(24,25)20-6-8-26-9-7-20/h2-5,10,19H,6-9H2,1H3. The van der Waals surface area contributed by atoms with Crippen molar-refractivity contribution in [1.82, 2.24) is 4.31 Å². The van der Waals surface area contributed by atoms with Crippen molar-refractivity contribution >= 4 is 50.0 Å². The van der Waals surface area contributed by atoms with Crippen LogP contribution in [-0.2, 0) is 14.8 Å². The Balaban J connectivity index is 1.88. The summed E-state index contributed by atoms with van der Waals surface area (Å²) in [4.78, 5) is 11.5. The largest absolute Gasteiger partial charge is 0.379 e. The molecule has 150 valence electrons. The SMILES string of the molecule is CC(=NNc1ccc(S(=O)(=O)N2CCOCC2)cc1[N+](=O)[O-])c1ccc(Cl)s1. The zero-order valence-electron chi connectivity index (χ0n) is 14.8. The highest BCUT2D eigenvalue weighted by Crippen LogP contribution is 2.30. The molecule has 0 spiro atoms. The summed E-state index contributed by atoms with van der Waals surface area (Å²) < 4.78 is 32.4. The van der Waals surface area contributed by atoms with Gasteiger partial charge in [-0.25, -0.2) is 8.42 Å². The first-order valence-corrected chi connectivity index (χ1v) is 10.8. The predicted molar refractivity (Wildman–Crippen MR) is 108 cm³/mol. The van der Waals surface area contributed by atoms with Crippen LogP contribution in [0, 0.1) is 10.1 Å². The van der Waals surface area contributed by atoms with Crippen molar-refractivity contribution < 1.29 is 18.1 Å². The number of ether oxygens (including phenoxy) is 1. The molecule has 0 bridgehead atoms. The first kappa shape index (κ1) is 20.7. The van der Waals surface area contributed by atoms with Gasteiger partial charge in [-0.05, 0) is 31.2 Å². The minimum atomic E-state index is -3.83. The fourth-order valence-electron chi connectivity index (χ4n) is 2.56. The van der Waals surface area contributed by atoms with Gasteiger partial charge in [0.25, 0.3) is 5.69 Å². The van der Waals surface area contributed by atoms with Crippen molar-refractivity contribution in [2.75, 3.05) is 31.7 Å². The Morgan fingerprint density at radius 2 is 2.04 bits per heavy atom. The number of halogens is 1. The second kappa shape index (κ2) is 8.53. The highest BCUT2D eigenvalue weighted by Gasteiger charge is 2.28. The van der Waals surface area contributed by atoms with Crippen molar-refractivity contribution in [2.45, 2.75) is 11.8 Å². The molecular formula is C16H17ClN4O5S2. The molecule has 0 unspecified atom stereocenters. The molecule has 1 aromatic heterocycles. The van der Waals surface area contributed by atoms with Crippen LogP contribution in [0.1, 0.15) is 11.8 Å². The Labute approximate surface area is 170 Å². The normalized spacial score (nSPS) is 16.1. The van der Waals surface area contributed by atoms with Gasteiger partial charge >= 0.3 is 0 Å². The maximum absolute atomic E-state index is 12.7. The van der Waals surface area contributed by atoms with E-state index in [0.29, 0.717) is 23.3 Å². The maximum Gasteiger partial charge on any atom is 0.295 e. The molecule has 12 heteroatoms. The van der Waals surface area contributed by atoms with Crippen LogP contribution < -0.4 is 5.43 Å². The first-order valence-electron chi connectivity index (χ1n) is 8.21. The second-order valence-corrected chi connectivity index (χ2v) is 9.52. The third kappa shape index (κ3) is 4.50. The number of nitrogens with zero attached hydrogens (tertiary/aromatic N) is 3. The number of nitro groups is 1. The number of nitrogens with one attached hydrogen (secondary N) is 1. The van der Waals surface area contributed by atoms with Gasteiger partial charge in [0.05, 0.1) is 38.0 Å². The number of thiophene rings is 1. The quantitative estimate of drug-likeness (QED) is 0.415. The average Bonchev–Trinajstić information content (AvgIpc) is 3.13. The lowest BCUT2D eigenvalue weighted by Gasteiger charge is -2.26. The molecule has 2 heterocycles. The first-order chi connectivity index (χ1) is 13.3. The van der Waals surface area contributed by atoms with E-state index >= 15 is 0 Å². The number of sulfonamides is 1. The number of morpholine rings is 1. The molecular weight excluding hydrogens is 428 g/mol. The van der Waals surface area contributed by atoms with E-state index in [-0.39, 0.29) is 29.4 Å². The summed E-state index contributed by atoms with van der Waals surface area (Å²) in [6.45, 7) is 2.74. The van der Waals surface area contributed by atoms with Crippen LogP contribution in [0.5, 0.6) is 0 Å². The summed E-state index contributed by atoms with van der Waals surface area (Å²) >= 11 is 7.23. The second-order valence-electron chi connectivity index (χ2n) is 5.87. The molecule has 0 amide bonds. The van der Waals surface area contributed by atoms with E-state index in [9.17, 15) is 18.5 Å². The summed E-state index contributed by atoms with van der Waals surface area (Å²) in [7, 11) is -3.83. The molecule has 2 aromatic rings. The molecule has 1 aliphatic rings. The minimum absolute atomic E-state index is 0.0907. The average molecular weight is 445 g/mol. The molecule has 1 saturated heterocycles. The van der Waals surface area contributed by atoms with E-state index in [1.807, 2.05) is 0 Å². The van der Waals surface area contributed by atoms with Crippen LogP contribution in [0.15, 0.2) is 40.3 Å². The number of nitro benzene ring substituents is 1. The van der Waals surface area contributed by atoms with Crippen molar-refractivity contribution in [1.29, 1.82) is 0 Å².